The minimum Gasteiger partial charge on any atom is -0.304 e. The van der Waals surface area contributed by atoms with E-state index in [1.54, 1.807) is 0 Å². The average Bonchev–Trinajstić information content (AvgIpc) is 3.04. The largest absolute Gasteiger partial charge is 0.304 e. The Morgan fingerprint density at radius 3 is 1.33 bits per heavy atom. The first-order chi connectivity index (χ1) is 21.4. The van der Waals surface area contributed by atoms with E-state index in [4.69, 9.17) is 19.9 Å². The summed E-state index contributed by atoms with van der Waals surface area (Å²) in [7, 11) is 0. The molecular formula is C41H39IrN4-. The molecule has 1 radical (unpaired) electrons. The normalized spacial score (nSPS) is 11.6. The third-order valence-corrected chi connectivity index (χ3v) is 8.15. The van der Waals surface area contributed by atoms with Gasteiger partial charge >= 0.3 is 0 Å². The van der Waals surface area contributed by atoms with E-state index < -0.39 is 0 Å². The van der Waals surface area contributed by atoms with Gasteiger partial charge in [0.2, 0.25) is 0 Å². The molecule has 2 aromatic heterocycles. The van der Waals surface area contributed by atoms with E-state index >= 15 is 0 Å². The molecule has 0 amide bonds. The summed E-state index contributed by atoms with van der Waals surface area (Å²) in [5.41, 5.74) is 10.7. The number of hydrogen-bond donors (Lipinski definition) is 0. The van der Waals surface area contributed by atoms with Gasteiger partial charge in [-0.15, -0.1) is 29.8 Å². The Balaban J connectivity index is 0.00000417. The second kappa shape index (κ2) is 13.2. The van der Waals surface area contributed by atoms with Crippen molar-refractivity contribution in [2.45, 2.75) is 59.3 Å². The van der Waals surface area contributed by atoms with Gasteiger partial charge in [0.15, 0.2) is 17.5 Å². The maximum atomic E-state index is 4.94. The zero-order chi connectivity index (χ0) is 31.8. The standard InChI is InChI=1S/C41H39N4.Ir/c1-27-8-10-28(11-9-27)29-12-14-30(15-13-29)36-25-20-33(26-42-36)39-44-37(31-16-21-34(22-17-31)40(2,3)4)43-38(45-39)32-18-23-35(24-19-32)41(5,6)7;/h8-14,16-26H,1-7H3;/q-1;. The first kappa shape index (κ1) is 33.1. The number of nitrogens with zero attached hydrogens (tertiary/aromatic N) is 4. The van der Waals surface area contributed by atoms with Crippen LogP contribution in [-0.2, 0) is 30.9 Å². The van der Waals surface area contributed by atoms with Gasteiger partial charge in [0.25, 0.3) is 0 Å². The molecule has 0 fully saturated rings. The van der Waals surface area contributed by atoms with Crippen LogP contribution in [0.3, 0.4) is 0 Å². The summed E-state index contributed by atoms with van der Waals surface area (Å²) >= 11 is 0. The molecule has 4 nitrogen and oxygen atoms in total. The fourth-order valence-electron chi connectivity index (χ4n) is 5.20. The van der Waals surface area contributed by atoms with Crippen LogP contribution >= 0.6 is 0 Å². The number of benzene rings is 4. The van der Waals surface area contributed by atoms with Crippen LogP contribution in [0.25, 0.3) is 56.5 Å². The van der Waals surface area contributed by atoms with Crippen molar-refractivity contribution >= 4 is 0 Å². The maximum Gasteiger partial charge on any atom is 0.165 e. The van der Waals surface area contributed by atoms with Crippen LogP contribution < -0.4 is 0 Å². The van der Waals surface area contributed by atoms with Gasteiger partial charge in [-0.1, -0.05) is 143 Å². The number of pyridine rings is 1. The SMILES string of the molecule is Cc1ccc(-c2c[c-]c(-c3ccc(-c4nc(-c5ccc(C(C)(C)C)cc5)nc(-c5ccc(C(C)(C)C)cc5)n4)cn3)cc2)cc1.[Ir]. The zero-order valence-electron chi connectivity index (χ0n) is 27.5. The van der Waals surface area contributed by atoms with Crippen LogP contribution in [-0.4, -0.2) is 19.9 Å². The van der Waals surface area contributed by atoms with E-state index in [1.165, 1.54) is 22.3 Å². The molecule has 0 bridgehead atoms. The Hall–Kier alpha value is -4.31. The molecule has 46 heavy (non-hydrogen) atoms. The van der Waals surface area contributed by atoms with Crippen molar-refractivity contribution in [2.24, 2.45) is 0 Å². The topological polar surface area (TPSA) is 51.6 Å². The molecule has 2 heterocycles. The number of aryl methyl sites for hydroxylation is 1. The number of aromatic nitrogens is 4. The molecule has 233 valence electrons. The molecule has 0 N–H and O–H groups in total. The van der Waals surface area contributed by atoms with Crippen molar-refractivity contribution < 1.29 is 20.1 Å². The Labute approximate surface area is 286 Å². The summed E-state index contributed by atoms with van der Waals surface area (Å²) in [5, 5.41) is 0. The Kier molecular flexibility index (Phi) is 9.49. The molecule has 0 saturated heterocycles. The van der Waals surface area contributed by atoms with Crippen LogP contribution in [0.4, 0.5) is 0 Å². The first-order valence-electron chi connectivity index (χ1n) is 15.5. The van der Waals surface area contributed by atoms with Crippen LogP contribution in [0, 0.1) is 13.0 Å². The fourth-order valence-corrected chi connectivity index (χ4v) is 5.20. The van der Waals surface area contributed by atoms with Crippen molar-refractivity contribution in [1.29, 1.82) is 0 Å². The summed E-state index contributed by atoms with van der Waals surface area (Å²) < 4.78 is 0. The van der Waals surface area contributed by atoms with E-state index in [1.807, 2.05) is 24.4 Å². The predicted molar refractivity (Wildman–Crippen MR) is 186 cm³/mol. The third kappa shape index (κ3) is 7.39. The third-order valence-electron chi connectivity index (χ3n) is 8.15. The second-order valence-electron chi connectivity index (χ2n) is 13.8. The van der Waals surface area contributed by atoms with Crippen LogP contribution in [0.1, 0.15) is 58.2 Å². The quantitative estimate of drug-likeness (QED) is 0.164. The molecule has 0 saturated carbocycles. The van der Waals surface area contributed by atoms with Gasteiger partial charge in [-0.05, 0) is 34.6 Å². The molecule has 0 aliphatic carbocycles. The summed E-state index contributed by atoms with van der Waals surface area (Å²) in [6.07, 6.45) is 1.84. The molecule has 0 atom stereocenters. The van der Waals surface area contributed by atoms with Crippen molar-refractivity contribution in [3.8, 4) is 56.5 Å². The Morgan fingerprint density at radius 1 is 0.478 bits per heavy atom. The second-order valence-corrected chi connectivity index (χ2v) is 13.8. The molecule has 0 unspecified atom stereocenters. The zero-order valence-corrected chi connectivity index (χ0v) is 29.9. The molecule has 6 aromatic rings. The molecule has 0 aliphatic heterocycles. The molecule has 0 spiro atoms. The summed E-state index contributed by atoms with van der Waals surface area (Å²) in [6.45, 7) is 15.4. The fraction of sp³-hybridized carbons (Fsp3) is 0.220. The Morgan fingerprint density at radius 2 is 0.913 bits per heavy atom. The Bertz CT molecular complexity index is 1840. The van der Waals surface area contributed by atoms with Crippen molar-refractivity contribution in [3.05, 3.63) is 132 Å². The van der Waals surface area contributed by atoms with Crippen LogP contribution in [0.15, 0.2) is 109 Å². The minimum atomic E-state index is 0. The van der Waals surface area contributed by atoms with Gasteiger partial charge in [-0.2, -0.15) is 0 Å². The number of rotatable bonds is 5. The predicted octanol–water partition coefficient (Wildman–Crippen LogP) is 10.3. The minimum absolute atomic E-state index is 0. The van der Waals surface area contributed by atoms with E-state index in [0.29, 0.717) is 17.5 Å². The maximum absolute atomic E-state index is 4.94. The van der Waals surface area contributed by atoms with Crippen molar-refractivity contribution in [3.63, 3.8) is 0 Å². The van der Waals surface area contributed by atoms with Gasteiger partial charge in [-0.25, -0.2) is 15.0 Å². The monoisotopic (exact) mass is 780 g/mol. The molecule has 6 rings (SSSR count). The van der Waals surface area contributed by atoms with E-state index in [0.717, 1.165) is 33.5 Å². The molecular weight excluding hydrogens is 741 g/mol. The average molecular weight is 780 g/mol. The summed E-state index contributed by atoms with van der Waals surface area (Å²) in [4.78, 5) is 19.6. The van der Waals surface area contributed by atoms with Crippen LogP contribution in [0.2, 0.25) is 0 Å². The summed E-state index contributed by atoms with van der Waals surface area (Å²) in [5.74, 6) is 1.87. The van der Waals surface area contributed by atoms with Crippen molar-refractivity contribution in [2.75, 3.05) is 0 Å². The van der Waals surface area contributed by atoms with Crippen LogP contribution in [0.5, 0.6) is 0 Å². The molecule has 0 aliphatic rings. The van der Waals surface area contributed by atoms with Crippen molar-refractivity contribution in [1.82, 2.24) is 19.9 Å². The van der Waals surface area contributed by atoms with E-state index in [2.05, 4.69) is 139 Å². The van der Waals surface area contributed by atoms with E-state index in [9.17, 15) is 0 Å². The van der Waals surface area contributed by atoms with Gasteiger partial charge in [0.1, 0.15) is 0 Å². The van der Waals surface area contributed by atoms with Gasteiger partial charge < -0.3 is 4.98 Å². The molecule has 5 heteroatoms. The first-order valence-corrected chi connectivity index (χ1v) is 15.5. The van der Waals surface area contributed by atoms with Gasteiger partial charge in [0.05, 0.1) is 0 Å². The van der Waals surface area contributed by atoms with Gasteiger partial charge in [-0.3, -0.25) is 0 Å². The molecule has 4 aromatic carbocycles. The smallest absolute Gasteiger partial charge is 0.165 e. The number of hydrogen-bond acceptors (Lipinski definition) is 4. The summed E-state index contributed by atoms with van der Waals surface area (Å²) in [6, 6.07) is 39.2. The van der Waals surface area contributed by atoms with E-state index in [-0.39, 0.29) is 30.9 Å². The van der Waals surface area contributed by atoms with Gasteiger partial charge in [0, 0.05) is 43.0 Å².